The number of aliphatic carboxylic acids is 1. The smallest absolute Gasteiger partial charge is 0.300 e. The molecule has 1 saturated heterocycles. The summed E-state index contributed by atoms with van der Waals surface area (Å²) in [6.07, 6.45) is 5.30. The fourth-order valence-corrected chi connectivity index (χ4v) is 5.19. The molecule has 5 rings (SSSR count). The largest absolute Gasteiger partial charge is 0.508 e. The number of hydrogen-bond acceptors (Lipinski definition) is 5. The van der Waals surface area contributed by atoms with E-state index < -0.39 is 5.97 Å². The number of aromatic nitrogens is 1. The molecule has 3 N–H and O–H groups in total. The van der Waals surface area contributed by atoms with Gasteiger partial charge >= 0.3 is 0 Å². The molecule has 2 heterocycles. The highest BCUT2D eigenvalue weighted by Gasteiger charge is 2.17. The average Bonchev–Trinajstić information content (AvgIpc) is 3.05. The van der Waals surface area contributed by atoms with E-state index in [-0.39, 0.29) is 23.9 Å². The zero-order valence-corrected chi connectivity index (χ0v) is 24.0. The van der Waals surface area contributed by atoms with Crippen LogP contribution in [0.3, 0.4) is 0 Å². The first kappa shape index (κ1) is 30.9. The summed E-state index contributed by atoms with van der Waals surface area (Å²) in [5, 5.41) is 28.3. The number of ether oxygens (including phenoxy) is 1. The van der Waals surface area contributed by atoms with Crippen LogP contribution in [-0.2, 0) is 11.3 Å². The van der Waals surface area contributed by atoms with Gasteiger partial charge in [-0.15, -0.1) is 12.4 Å². The number of halogens is 1. The van der Waals surface area contributed by atoms with Crippen molar-refractivity contribution in [1.82, 2.24) is 9.47 Å². The Bertz CT molecular complexity index is 1370. The molecule has 4 aromatic rings. The Labute approximate surface area is 242 Å². The maximum atomic E-state index is 10.1. The number of hydrogen-bond donors (Lipinski definition) is 3. The molecule has 0 saturated carbocycles. The van der Waals surface area contributed by atoms with Crippen LogP contribution >= 0.6 is 12.4 Å². The molecule has 0 spiro atoms. The molecule has 1 aromatic heterocycles. The Hall–Kier alpha value is -3.68. The lowest BCUT2D eigenvalue weighted by Gasteiger charge is -2.19. The lowest BCUT2D eigenvalue weighted by atomic mass is 10.1. The molecule has 8 heteroatoms. The van der Waals surface area contributed by atoms with Gasteiger partial charge in [-0.25, -0.2) is 0 Å². The van der Waals surface area contributed by atoms with Gasteiger partial charge in [-0.1, -0.05) is 25.0 Å². The third kappa shape index (κ3) is 8.16. The zero-order valence-electron chi connectivity index (χ0n) is 23.2. The van der Waals surface area contributed by atoms with Crippen molar-refractivity contribution >= 4 is 29.3 Å². The standard InChI is InChI=1S/C30H34N2O3.C2H4O2.ClH/c1-22-28-20-26(34)12-15-29(28)32(30(22)24-8-10-25(33)11-9-24)21-23-6-13-27(14-7-23)35-19-18-31-16-4-2-3-5-17-31;1-2(3)4;/h6-15,20,33-34H,2-5,16-19,21H2,1H3;1H3,(H,3,4);1H. The van der Waals surface area contributed by atoms with E-state index in [1.807, 2.05) is 24.3 Å². The summed E-state index contributed by atoms with van der Waals surface area (Å²) in [7, 11) is 0. The summed E-state index contributed by atoms with van der Waals surface area (Å²) >= 11 is 0. The highest BCUT2D eigenvalue weighted by Crippen LogP contribution is 2.36. The van der Waals surface area contributed by atoms with Crippen molar-refractivity contribution in [3.05, 3.63) is 77.9 Å². The number of carboxylic acid groups (broad SMARTS) is 1. The van der Waals surface area contributed by atoms with E-state index >= 15 is 0 Å². The first-order chi connectivity index (χ1) is 18.8. The van der Waals surface area contributed by atoms with E-state index in [1.54, 1.807) is 18.2 Å². The normalized spacial score (nSPS) is 13.6. The van der Waals surface area contributed by atoms with Crippen molar-refractivity contribution < 1.29 is 24.9 Å². The molecule has 40 heavy (non-hydrogen) atoms. The summed E-state index contributed by atoms with van der Waals surface area (Å²) in [6.45, 7) is 7.94. The first-order valence-electron chi connectivity index (χ1n) is 13.6. The van der Waals surface area contributed by atoms with Crippen molar-refractivity contribution in [2.75, 3.05) is 26.2 Å². The van der Waals surface area contributed by atoms with Gasteiger partial charge in [-0.05, 0) is 104 Å². The number of benzene rings is 3. The van der Waals surface area contributed by atoms with Gasteiger partial charge in [-0.3, -0.25) is 9.69 Å². The second kappa shape index (κ2) is 14.6. The molecular formula is C32H39ClN2O5. The molecule has 0 atom stereocenters. The Kier molecular flexibility index (Phi) is 11.3. The van der Waals surface area contributed by atoms with Crippen LogP contribution in [0.2, 0.25) is 0 Å². The van der Waals surface area contributed by atoms with Gasteiger partial charge in [0, 0.05) is 30.9 Å². The molecule has 0 bridgehead atoms. The topological polar surface area (TPSA) is 95.2 Å². The summed E-state index contributed by atoms with van der Waals surface area (Å²) < 4.78 is 8.33. The number of likely N-dealkylation sites (tertiary alicyclic amines) is 1. The SMILES string of the molecule is CC(=O)O.Cc1c(-c2ccc(O)cc2)n(Cc2ccc(OCCN3CCCCCC3)cc2)c2ccc(O)cc12.Cl. The van der Waals surface area contributed by atoms with Gasteiger partial charge in [-0.2, -0.15) is 0 Å². The first-order valence-corrected chi connectivity index (χ1v) is 13.6. The third-order valence-corrected chi connectivity index (χ3v) is 7.08. The summed E-state index contributed by atoms with van der Waals surface area (Å²) in [6, 6.07) is 21.2. The molecule has 0 radical (unpaired) electrons. The summed E-state index contributed by atoms with van der Waals surface area (Å²) in [5.41, 5.74) is 5.47. The summed E-state index contributed by atoms with van der Waals surface area (Å²) in [4.78, 5) is 11.5. The highest BCUT2D eigenvalue weighted by atomic mass is 35.5. The lowest BCUT2D eigenvalue weighted by Crippen LogP contribution is -2.29. The number of aryl methyl sites for hydroxylation is 1. The van der Waals surface area contributed by atoms with Gasteiger partial charge in [0.2, 0.25) is 0 Å². The number of fused-ring (bicyclic) bond motifs is 1. The average molecular weight is 567 g/mol. The molecule has 214 valence electrons. The highest BCUT2D eigenvalue weighted by molar-refractivity contribution is 5.92. The van der Waals surface area contributed by atoms with Crippen molar-refractivity contribution in [2.24, 2.45) is 0 Å². The maximum absolute atomic E-state index is 10.1. The Morgan fingerprint density at radius 1 is 0.875 bits per heavy atom. The molecule has 1 aliphatic heterocycles. The molecule has 1 aliphatic rings. The molecule has 7 nitrogen and oxygen atoms in total. The fraction of sp³-hybridized carbons (Fsp3) is 0.344. The molecule has 1 fully saturated rings. The van der Waals surface area contributed by atoms with E-state index in [2.05, 4.69) is 40.7 Å². The molecular weight excluding hydrogens is 528 g/mol. The minimum Gasteiger partial charge on any atom is -0.508 e. The van der Waals surface area contributed by atoms with Gasteiger partial charge in [0.15, 0.2) is 0 Å². The van der Waals surface area contributed by atoms with Crippen LogP contribution in [0.25, 0.3) is 22.2 Å². The quantitative estimate of drug-likeness (QED) is 0.226. The minimum atomic E-state index is -0.833. The van der Waals surface area contributed by atoms with Crippen LogP contribution in [-0.4, -0.2) is 57.0 Å². The minimum absolute atomic E-state index is 0. The number of nitrogens with zero attached hydrogens (tertiary/aromatic N) is 2. The van der Waals surface area contributed by atoms with Crippen LogP contribution in [0.1, 0.15) is 43.7 Å². The Balaban J connectivity index is 0.000000828. The predicted molar refractivity (Wildman–Crippen MR) is 162 cm³/mol. The lowest BCUT2D eigenvalue weighted by molar-refractivity contribution is -0.134. The Morgan fingerprint density at radius 2 is 1.48 bits per heavy atom. The van der Waals surface area contributed by atoms with Crippen LogP contribution in [0.5, 0.6) is 17.2 Å². The van der Waals surface area contributed by atoms with Crippen LogP contribution < -0.4 is 4.74 Å². The number of rotatable bonds is 7. The number of phenolic OH excluding ortho intramolecular Hbond substituents is 2. The van der Waals surface area contributed by atoms with Crippen molar-refractivity contribution in [2.45, 2.75) is 46.1 Å². The third-order valence-electron chi connectivity index (χ3n) is 7.08. The van der Waals surface area contributed by atoms with Crippen molar-refractivity contribution in [3.8, 4) is 28.5 Å². The van der Waals surface area contributed by atoms with Gasteiger partial charge in [0.05, 0.1) is 5.69 Å². The van der Waals surface area contributed by atoms with E-state index in [9.17, 15) is 10.2 Å². The number of carboxylic acids is 1. The summed E-state index contributed by atoms with van der Waals surface area (Å²) in [5.74, 6) is 0.579. The monoisotopic (exact) mass is 566 g/mol. The van der Waals surface area contributed by atoms with Crippen molar-refractivity contribution in [1.29, 1.82) is 0 Å². The number of carbonyl (C=O) groups is 1. The molecule has 0 aliphatic carbocycles. The predicted octanol–water partition coefficient (Wildman–Crippen LogP) is 6.84. The van der Waals surface area contributed by atoms with Gasteiger partial charge in [0.25, 0.3) is 5.97 Å². The number of phenols is 2. The maximum Gasteiger partial charge on any atom is 0.300 e. The molecule has 0 amide bonds. The van der Waals surface area contributed by atoms with E-state index in [4.69, 9.17) is 14.6 Å². The van der Waals surface area contributed by atoms with E-state index in [1.165, 1.54) is 44.3 Å². The molecule has 3 aromatic carbocycles. The fourth-order valence-electron chi connectivity index (χ4n) is 5.19. The number of aromatic hydroxyl groups is 2. The molecule has 0 unspecified atom stereocenters. The van der Waals surface area contributed by atoms with Gasteiger partial charge < -0.3 is 24.6 Å². The van der Waals surface area contributed by atoms with Crippen LogP contribution in [0.4, 0.5) is 0 Å². The van der Waals surface area contributed by atoms with Crippen LogP contribution in [0.15, 0.2) is 66.7 Å². The van der Waals surface area contributed by atoms with Gasteiger partial charge in [0.1, 0.15) is 23.9 Å². The second-order valence-electron chi connectivity index (χ2n) is 10.1. The Morgan fingerprint density at radius 3 is 2.10 bits per heavy atom. The van der Waals surface area contributed by atoms with Crippen molar-refractivity contribution in [3.63, 3.8) is 0 Å². The second-order valence-corrected chi connectivity index (χ2v) is 10.1. The van der Waals surface area contributed by atoms with E-state index in [0.29, 0.717) is 6.54 Å². The zero-order chi connectivity index (χ0) is 27.8. The van der Waals surface area contributed by atoms with Crippen LogP contribution in [0, 0.1) is 6.92 Å². The van der Waals surface area contributed by atoms with E-state index in [0.717, 1.165) is 53.5 Å².